The fourth-order valence-electron chi connectivity index (χ4n) is 3.18. The average Bonchev–Trinajstić information content (AvgIpc) is 3.13. The molecule has 1 saturated heterocycles. The minimum atomic E-state index is -0.00582. The molecule has 7 heteroatoms. The number of pyridine rings is 1. The van der Waals surface area contributed by atoms with Crippen LogP contribution in [0.2, 0.25) is 0 Å². The van der Waals surface area contributed by atoms with E-state index in [9.17, 15) is 4.79 Å². The third kappa shape index (κ3) is 3.52. The van der Waals surface area contributed by atoms with Gasteiger partial charge >= 0.3 is 0 Å². The molecule has 0 saturated carbocycles. The molecular formula is C19H21N5O2. The molecule has 0 aliphatic carbocycles. The van der Waals surface area contributed by atoms with Crippen LogP contribution in [-0.4, -0.2) is 70.2 Å². The molecule has 3 heterocycles. The van der Waals surface area contributed by atoms with Crippen molar-refractivity contribution in [1.29, 1.82) is 0 Å². The highest BCUT2D eigenvalue weighted by molar-refractivity contribution is 6.04. The maximum absolute atomic E-state index is 12.8. The Kier molecular flexibility index (Phi) is 4.79. The van der Waals surface area contributed by atoms with E-state index in [1.807, 2.05) is 41.3 Å². The van der Waals surface area contributed by atoms with Gasteiger partial charge in [-0.1, -0.05) is 18.2 Å². The molecule has 4 rings (SSSR count). The number of rotatable bonds is 5. The van der Waals surface area contributed by atoms with Gasteiger partial charge in [-0.3, -0.25) is 19.8 Å². The van der Waals surface area contributed by atoms with E-state index < -0.39 is 0 Å². The molecule has 0 spiro atoms. The van der Waals surface area contributed by atoms with Gasteiger partial charge in [0.15, 0.2) is 5.69 Å². The van der Waals surface area contributed by atoms with Crippen molar-refractivity contribution in [2.45, 2.75) is 0 Å². The van der Waals surface area contributed by atoms with Crippen LogP contribution in [0.5, 0.6) is 5.75 Å². The predicted molar refractivity (Wildman–Crippen MR) is 98.2 cm³/mol. The van der Waals surface area contributed by atoms with Crippen LogP contribution in [-0.2, 0) is 0 Å². The van der Waals surface area contributed by atoms with E-state index in [2.05, 4.69) is 20.1 Å². The largest absolute Gasteiger partial charge is 0.491 e. The Bertz CT molecular complexity index is 872. The summed E-state index contributed by atoms with van der Waals surface area (Å²) in [5.41, 5.74) is 1.40. The van der Waals surface area contributed by atoms with Crippen LogP contribution in [0.1, 0.15) is 10.5 Å². The molecule has 0 atom stereocenters. The number of piperazine rings is 1. The van der Waals surface area contributed by atoms with Gasteiger partial charge in [-0.25, -0.2) is 0 Å². The Morgan fingerprint density at radius 2 is 1.96 bits per heavy atom. The summed E-state index contributed by atoms with van der Waals surface area (Å²) in [4.78, 5) is 21.0. The normalized spacial score (nSPS) is 15.3. The molecule has 2 aromatic heterocycles. The lowest BCUT2D eigenvalue weighted by atomic mass is 10.2. The van der Waals surface area contributed by atoms with Crippen LogP contribution in [0.4, 0.5) is 0 Å². The topological polar surface area (TPSA) is 74.4 Å². The maximum atomic E-state index is 12.8. The second kappa shape index (κ2) is 7.53. The molecule has 1 aromatic carbocycles. The molecule has 134 valence electrons. The summed E-state index contributed by atoms with van der Waals surface area (Å²) in [5, 5.41) is 8.03. The van der Waals surface area contributed by atoms with E-state index in [-0.39, 0.29) is 5.91 Å². The van der Waals surface area contributed by atoms with Crippen LogP contribution in [0, 0.1) is 0 Å². The van der Waals surface area contributed by atoms with E-state index in [1.54, 1.807) is 12.4 Å². The van der Waals surface area contributed by atoms with Gasteiger partial charge in [-0.05, 0) is 18.2 Å². The van der Waals surface area contributed by atoms with E-state index in [4.69, 9.17) is 4.74 Å². The SMILES string of the molecule is O=C(c1n[nH]c2ccccc12)N1CCN(CCOc2cccnc2)CC1. The number of nitrogens with zero attached hydrogens (tertiary/aromatic N) is 4. The summed E-state index contributed by atoms with van der Waals surface area (Å²) >= 11 is 0. The Morgan fingerprint density at radius 1 is 1.12 bits per heavy atom. The number of hydrogen-bond donors (Lipinski definition) is 1. The predicted octanol–water partition coefficient (Wildman–Crippen LogP) is 1.79. The molecule has 26 heavy (non-hydrogen) atoms. The zero-order chi connectivity index (χ0) is 17.8. The number of aromatic nitrogens is 3. The monoisotopic (exact) mass is 351 g/mol. The molecule has 0 unspecified atom stereocenters. The summed E-state index contributed by atoms with van der Waals surface area (Å²) in [6, 6.07) is 11.5. The van der Waals surface area contributed by atoms with Crippen LogP contribution in [0.3, 0.4) is 0 Å². The maximum Gasteiger partial charge on any atom is 0.275 e. The van der Waals surface area contributed by atoms with Crippen LogP contribution in [0.25, 0.3) is 10.9 Å². The van der Waals surface area contributed by atoms with Gasteiger partial charge in [0.25, 0.3) is 5.91 Å². The highest BCUT2D eigenvalue weighted by Gasteiger charge is 2.24. The van der Waals surface area contributed by atoms with Crippen LogP contribution < -0.4 is 4.74 Å². The third-order valence-corrected chi connectivity index (χ3v) is 4.64. The van der Waals surface area contributed by atoms with Crippen LogP contribution >= 0.6 is 0 Å². The fourth-order valence-corrected chi connectivity index (χ4v) is 3.18. The first-order valence-electron chi connectivity index (χ1n) is 8.79. The number of carbonyl (C=O) groups excluding carboxylic acids is 1. The quantitative estimate of drug-likeness (QED) is 0.759. The van der Waals surface area contributed by atoms with Crippen molar-refractivity contribution in [1.82, 2.24) is 25.0 Å². The van der Waals surface area contributed by atoms with Gasteiger partial charge in [-0.15, -0.1) is 0 Å². The van der Waals surface area contributed by atoms with E-state index in [0.717, 1.165) is 36.3 Å². The Labute approximate surface area is 151 Å². The van der Waals surface area contributed by atoms with Gasteiger partial charge in [-0.2, -0.15) is 5.10 Å². The Balaban J connectivity index is 1.28. The zero-order valence-electron chi connectivity index (χ0n) is 14.5. The van der Waals surface area contributed by atoms with Crippen molar-refractivity contribution in [2.75, 3.05) is 39.3 Å². The number of H-pyrrole nitrogens is 1. The smallest absolute Gasteiger partial charge is 0.275 e. The molecular weight excluding hydrogens is 330 g/mol. The minimum Gasteiger partial charge on any atom is -0.491 e. The summed E-state index contributed by atoms with van der Waals surface area (Å²) in [6.45, 7) is 4.53. The number of amides is 1. The lowest BCUT2D eigenvalue weighted by Crippen LogP contribution is -2.49. The number of aromatic amines is 1. The second-order valence-electron chi connectivity index (χ2n) is 6.29. The molecule has 7 nitrogen and oxygen atoms in total. The number of nitrogens with one attached hydrogen (secondary N) is 1. The molecule has 1 aliphatic heterocycles. The highest BCUT2D eigenvalue weighted by atomic mass is 16.5. The standard InChI is InChI=1S/C19H21N5O2/c25-19(18-16-5-1-2-6-17(16)21-22-18)24-10-8-23(9-11-24)12-13-26-15-4-3-7-20-14-15/h1-7,14H,8-13H2,(H,21,22). The van der Waals surface area contributed by atoms with E-state index in [0.29, 0.717) is 25.4 Å². The van der Waals surface area contributed by atoms with Crippen molar-refractivity contribution in [2.24, 2.45) is 0 Å². The van der Waals surface area contributed by atoms with E-state index >= 15 is 0 Å². The van der Waals surface area contributed by atoms with Gasteiger partial charge in [0.05, 0.1) is 11.7 Å². The number of carbonyl (C=O) groups is 1. The number of benzene rings is 1. The van der Waals surface area contributed by atoms with Crippen molar-refractivity contribution in [3.63, 3.8) is 0 Å². The summed E-state index contributed by atoms with van der Waals surface area (Å²) in [5.74, 6) is 0.778. The number of para-hydroxylation sites is 1. The highest BCUT2D eigenvalue weighted by Crippen LogP contribution is 2.17. The fraction of sp³-hybridized carbons (Fsp3) is 0.316. The molecule has 3 aromatic rings. The lowest BCUT2D eigenvalue weighted by Gasteiger charge is -2.34. The number of fused-ring (bicyclic) bond motifs is 1. The lowest BCUT2D eigenvalue weighted by molar-refractivity contribution is 0.0616. The average molecular weight is 351 g/mol. The Morgan fingerprint density at radius 3 is 2.77 bits per heavy atom. The van der Waals surface area contributed by atoms with Crippen molar-refractivity contribution in [3.05, 3.63) is 54.5 Å². The molecule has 1 N–H and O–H groups in total. The van der Waals surface area contributed by atoms with Gasteiger partial charge in [0.1, 0.15) is 12.4 Å². The molecule has 0 bridgehead atoms. The Hall–Kier alpha value is -2.93. The molecule has 1 aliphatic rings. The zero-order valence-corrected chi connectivity index (χ0v) is 14.5. The van der Waals surface area contributed by atoms with Crippen LogP contribution in [0.15, 0.2) is 48.8 Å². The van der Waals surface area contributed by atoms with Crippen molar-refractivity contribution in [3.8, 4) is 5.75 Å². The minimum absolute atomic E-state index is 0.00582. The molecule has 1 fully saturated rings. The number of hydrogen-bond acceptors (Lipinski definition) is 5. The summed E-state index contributed by atoms with van der Waals surface area (Å²) < 4.78 is 5.69. The second-order valence-corrected chi connectivity index (χ2v) is 6.29. The third-order valence-electron chi connectivity index (χ3n) is 4.64. The first-order valence-corrected chi connectivity index (χ1v) is 8.79. The molecule has 0 radical (unpaired) electrons. The first-order chi connectivity index (χ1) is 12.8. The first kappa shape index (κ1) is 16.5. The van der Waals surface area contributed by atoms with Gasteiger partial charge in [0.2, 0.25) is 0 Å². The van der Waals surface area contributed by atoms with Gasteiger partial charge < -0.3 is 9.64 Å². The summed E-state index contributed by atoms with van der Waals surface area (Å²) in [6.07, 6.45) is 3.44. The summed E-state index contributed by atoms with van der Waals surface area (Å²) in [7, 11) is 0. The molecule has 1 amide bonds. The van der Waals surface area contributed by atoms with E-state index in [1.165, 1.54) is 0 Å². The van der Waals surface area contributed by atoms with Crippen molar-refractivity contribution < 1.29 is 9.53 Å². The van der Waals surface area contributed by atoms with Gasteiger partial charge in [0, 0.05) is 44.3 Å². The number of ether oxygens (including phenoxy) is 1. The van der Waals surface area contributed by atoms with Crippen molar-refractivity contribution >= 4 is 16.8 Å².